The molecule has 1 N–H and O–H groups in total. The fourth-order valence-electron chi connectivity index (χ4n) is 1.65. The summed E-state index contributed by atoms with van der Waals surface area (Å²) >= 11 is 0. The Balaban J connectivity index is 2.01. The van der Waals surface area contributed by atoms with Crippen LogP contribution in [-0.2, 0) is 13.6 Å². The van der Waals surface area contributed by atoms with Gasteiger partial charge >= 0.3 is 0 Å². The van der Waals surface area contributed by atoms with E-state index in [1.807, 2.05) is 24.3 Å². The molecule has 18 heavy (non-hydrogen) atoms. The lowest BCUT2D eigenvalue weighted by molar-refractivity contribution is 0.0945. The summed E-state index contributed by atoms with van der Waals surface area (Å²) in [5.74, 6) is 0.570. The molecule has 0 saturated carbocycles. The van der Waals surface area contributed by atoms with Crippen LogP contribution in [-0.4, -0.2) is 22.8 Å². The highest BCUT2D eigenvalue weighted by Gasteiger charge is 2.09. The van der Waals surface area contributed by atoms with Gasteiger partial charge in [-0.15, -0.1) is 0 Å². The number of carbonyl (C=O) groups excluding carboxylic acids is 1. The Morgan fingerprint density at radius 1 is 1.39 bits per heavy atom. The highest BCUT2D eigenvalue weighted by Crippen LogP contribution is 2.16. The molecule has 1 amide bonds. The zero-order chi connectivity index (χ0) is 13.0. The summed E-state index contributed by atoms with van der Waals surface area (Å²) in [6.45, 7) is 0.416. The Kier molecular flexibility index (Phi) is 3.62. The van der Waals surface area contributed by atoms with Crippen molar-refractivity contribution >= 4 is 5.91 Å². The van der Waals surface area contributed by atoms with Crippen LogP contribution in [0.4, 0.5) is 0 Å². The van der Waals surface area contributed by atoms with E-state index in [2.05, 4.69) is 10.4 Å². The van der Waals surface area contributed by atoms with Crippen LogP contribution in [0.25, 0.3) is 0 Å². The molecule has 0 aliphatic rings. The van der Waals surface area contributed by atoms with E-state index in [-0.39, 0.29) is 5.91 Å². The molecule has 0 bridgehead atoms. The van der Waals surface area contributed by atoms with Gasteiger partial charge in [0.05, 0.1) is 7.11 Å². The Morgan fingerprint density at radius 2 is 2.17 bits per heavy atom. The molecule has 0 atom stereocenters. The molecule has 0 aliphatic heterocycles. The second kappa shape index (κ2) is 5.35. The highest BCUT2D eigenvalue weighted by atomic mass is 16.5. The third-order valence-electron chi connectivity index (χ3n) is 2.58. The Bertz CT molecular complexity index is 549. The molecular weight excluding hydrogens is 230 g/mol. The van der Waals surface area contributed by atoms with Gasteiger partial charge < -0.3 is 10.1 Å². The van der Waals surface area contributed by atoms with Crippen molar-refractivity contribution in [3.05, 3.63) is 47.8 Å². The third-order valence-corrected chi connectivity index (χ3v) is 2.58. The number of carbonyl (C=O) groups is 1. The van der Waals surface area contributed by atoms with Gasteiger partial charge in [-0.05, 0) is 12.1 Å². The van der Waals surface area contributed by atoms with Crippen molar-refractivity contribution < 1.29 is 9.53 Å². The number of aromatic nitrogens is 2. The summed E-state index contributed by atoms with van der Waals surface area (Å²) in [6.07, 6.45) is 1.73. The van der Waals surface area contributed by atoms with Crippen molar-refractivity contribution in [3.63, 3.8) is 0 Å². The van der Waals surface area contributed by atoms with Gasteiger partial charge in [0.2, 0.25) is 0 Å². The van der Waals surface area contributed by atoms with E-state index >= 15 is 0 Å². The minimum absolute atomic E-state index is 0.193. The topological polar surface area (TPSA) is 56.1 Å². The van der Waals surface area contributed by atoms with Crippen molar-refractivity contribution in [2.75, 3.05) is 7.11 Å². The summed E-state index contributed by atoms with van der Waals surface area (Å²) < 4.78 is 6.81. The van der Waals surface area contributed by atoms with Crippen molar-refractivity contribution in [3.8, 4) is 5.75 Å². The van der Waals surface area contributed by atoms with Crippen LogP contribution in [0, 0.1) is 0 Å². The maximum atomic E-state index is 11.8. The van der Waals surface area contributed by atoms with E-state index in [4.69, 9.17) is 4.74 Å². The Morgan fingerprint density at radius 3 is 2.83 bits per heavy atom. The first-order valence-corrected chi connectivity index (χ1v) is 5.60. The van der Waals surface area contributed by atoms with Gasteiger partial charge in [-0.1, -0.05) is 18.2 Å². The van der Waals surface area contributed by atoms with Gasteiger partial charge in [-0.2, -0.15) is 5.10 Å². The number of aryl methyl sites for hydroxylation is 1. The first-order valence-electron chi connectivity index (χ1n) is 5.60. The Hall–Kier alpha value is -2.30. The molecule has 0 radical (unpaired) electrons. The second-order valence-corrected chi connectivity index (χ2v) is 3.87. The molecule has 5 heteroatoms. The van der Waals surface area contributed by atoms with Crippen LogP contribution in [0.2, 0.25) is 0 Å². The van der Waals surface area contributed by atoms with E-state index < -0.39 is 0 Å². The number of ether oxygens (including phenoxy) is 1. The molecule has 5 nitrogen and oxygen atoms in total. The molecule has 0 aliphatic carbocycles. The van der Waals surface area contributed by atoms with Crippen LogP contribution >= 0.6 is 0 Å². The first kappa shape index (κ1) is 12.2. The molecule has 1 aromatic heterocycles. The number of amides is 1. The predicted molar refractivity (Wildman–Crippen MR) is 67.4 cm³/mol. The smallest absolute Gasteiger partial charge is 0.272 e. The summed E-state index contributed by atoms with van der Waals surface area (Å²) in [5, 5.41) is 6.85. The third kappa shape index (κ3) is 2.68. The van der Waals surface area contributed by atoms with E-state index in [1.54, 1.807) is 31.1 Å². The number of rotatable bonds is 4. The van der Waals surface area contributed by atoms with Crippen LogP contribution in [0.1, 0.15) is 16.1 Å². The molecule has 0 spiro atoms. The van der Waals surface area contributed by atoms with Crippen molar-refractivity contribution in [1.82, 2.24) is 15.1 Å². The van der Waals surface area contributed by atoms with Crippen molar-refractivity contribution in [1.29, 1.82) is 0 Å². The minimum atomic E-state index is -0.193. The van der Waals surface area contributed by atoms with Gasteiger partial charge in [-0.3, -0.25) is 9.48 Å². The number of nitrogens with one attached hydrogen (secondary N) is 1. The number of nitrogens with zero attached hydrogens (tertiary/aromatic N) is 2. The standard InChI is InChI=1S/C13H15N3O2/c1-16-8-7-11(15-16)13(17)14-9-10-5-3-4-6-12(10)18-2/h3-8H,9H2,1-2H3,(H,14,17). The average Bonchev–Trinajstić information content (AvgIpc) is 2.83. The zero-order valence-electron chi connectivity index (χ0n) is 10.4. The molecule has 2 aromatic rings. The maximum absolute atomic E-state index is 11.8. The number of hydrogen-bond donors (Lipinski definition) is 1. The molecule has 94 valence electrons. The SMILES string of the molecule is COc1ccccc1CNC(=O)c1ccn(C)n1. The summed E-state index contributed by atoms with van der Waals surface area (Å²) in [6, 6.07) is 9.25. The lowest BCUT2D eigenvalue weighted by Crippen LogP contribution is -2.23. The van der Waals surface area contributed by atoms with E-state index in [1.165, 1.54) is 0 Å². The van der Waals surface area contributed by atoms with E-state index in [0.29, 0.717) is 12.2 Å². The quantitative estimate of drug-likeness (QED) is 0.884. The Labute approximate surface area is 105 Å². The summed E-state index contributed by atoms with van der Waals surface area (Å²) in [5.41, 5.74) is 1.34. The molecule has 1 aromatic carbocycles. The molecule has 2 rings (SSSR count). The normalized spacial score (nSPS) is 10.1. The largest absolute Gasteiger partial charge is 0.496 e. The van der Waals surface area contributed by atoms with E-state index in [9.17, 15) is 4.79 Å². The van der Waals surface area contributed by atoms with Crippen LogP contribution in [0.3, 0.4) is 0 Å². The minimum Gasteiger partial charge on any atom is -0.496 e. The lowest BCUT2D eigenvalue weighted by atomic mass is 10.2. The van der Waals surface area contributed by atoms with Crippen molar-refractivity contribution in [2.24, 2.45) is 7.05 Å². The molecule has 0 unspecified atom stereocenters. The molecule has 0 saturated heterocycles. The first-order chi connectivity index (χ1) is 8.70. The summed E-state index contributed by atoms with van der Waals surface area (Å²) in [7, 11) is 3.39. The van der Waals surface area contributed by atoms with Gasteiger partial charge in [0.25, 0.3) is 5.91 Å². The predicted octanol–water partition coefficient (Wildman–Crippen LogP) is 1.36. The fourth-order valence-corrected chi connectivity index (χ4v) is 1.65. The van der Waals surface area contributed by atoms with E-state index in [0.717, 1.165) is 11.3 Å². The number of para-hydroxylation sites is 1. The van der Waals surface area contributed by atoms with Crippen LogP contribution in [0.15, 0.2) is 36.5 Å². The van der Waals surface area contributed by atoms with Gasteiger partial charge in [0, 0.05) is 25.4 Å². The van der Waals surface area contributed by atoms with Gasteiger partial charge in [0.15, 0.2) is 0 Å². The van der Waals surface area contributed by atoms with Crippen molar-refractivity contribution in [2.45, 2.75) is 6.54 Å². The fraction of sp³-hybridized carbons (Fsp3) is 0.231. The molecular formula is C13H15N3O2. The van der Waals surface area contributed by atoms with Crippen LogP contribution < -0.4 is 10.1 Å². The average molecular weight is 245 g/mol. The molecule has 0 fully saturated rings. The number of methoxy groups -OCH3 is 1. The monoisotopic (exact) mass is 245 g/mol. The summed E-state index contributed by atoms with van der Waals surface area (Å²) in [4.78, 5) is 11.8. The van der Waals surface area contributed by atoms with Gasteiger partial charge in [0.1, 0.15) is 11.4 Å². The maximum Gasteiger partial charge on any atom is 0.272 e. The number of benzene rings is 1. The van der Waals surface area contributed by atoms with Gasteiger partial charge in [-0.25, -0.2) is 0 Å². The highest BCUT2D eigenvalue weighted by molar-refractivity contribution is 5.92. The lowest BCUT2D eigenvalue weighted by Gasteiger charge is -2.08. The van der Waals surface area contributed by atoms with Crippen LogP contribution in [0.5, 0.6) is 5.75 Å². The molecule has 1 heterocycles. The number of hydrogen-bond acceptors (Lipinski definition) is 3. The second-order valence-electron chi connectivity index (χ2n) is 3.87. The zero-order valence-corrected chi connectivity index (χ0v) is 10.4.